The summed E-state index contributed by atoms with van der Waals surface area (Å²) in [5, 5.41) is 6.23. The Balaban J connectivity index is 1.51. The number of carbonyl (C=O) groups excluding carboxylic acids is 1. The van der Waals surface area contributed by atoms with E-state index in [1.165, 1.54) is 18.2 Å². The van der Waals surface area contributed by atoms with Gasteiger partial charge in [0.15, 0.2) is 5.41 Å². The van der Waals surface area contributed by atoms with Gasteiger partial charge < -0.3 is 20.5 Å². The average molecular weight is 427 g/mol. The van der Waals surface area contributed by atoms with Crippen molar-refractivity contribution in [2.45, 2.75) is 42.8 Å². The molecular formula is C19H21F4N5O2. The van der Waals surface area contributed by atoms with Crippen LogP contribution in [0.5, 0.6) is 0 Å². The van der Waals surface area contributed by atoms with Gasteiger partial charge in [0.2, 0.25) is 11.7 Å². The molecule has 30 heavy (non-hydrogen) atoms. The first kappa shape index (κ1) is 20.6. The number of alkyl halides is 3. The van der Waals surface area contributed by atoms with E-state index in [0.717, 1.165) is 23.8 Å². The molecule has 2 aromatic rings. The number of urea groups is 1. The molecular weight excluding hydrogens is 406 g/mol. The van der Waals surface area contributed by atoms with Gasteiger partial charge in [0.05, 0.1) is 0 Å². The molecule has 1 aliphatic carbocycles. The number of nitrogens with two attached hydrogens (primary N) is 1. The van der Waals surface area contributed by atoms with Crippen LogP contribution in [0.1, 0.15) is 31.6 Å². The van der Waals surface area contributed by atoms with Crippen LogP contribution in [-0.2, 0) is 5.41 Å². The lowest BCUT2D eigenvalue weighted by molar-refractivity contribution is -0.193. The number of aromatic nitrogens is 2. The molecule has 1 unspecified atom stereocenters. The van der Waals surface area contributed by atoms with E-state index in [4.69, 9.17) is 10.3 Å². The Hall–Kier alpha value is -2.69. The molecule has 4 rings (SSSR count). The number of hydrogen-bond acceptors (Lipinski definition) is 5. The number of carbonyl (C=O) groups is 1. The van der Waals surface area contributed by atoms with Crippen LogP contribution < -0.4 is 11.1 Å². The summed E-state index contributed by atoms with van der Waals surface area (Å²) in [6.07, 6.45) is -2.78. The molecule has 2 amide bonds. The van der Waals surface area contributed by atoms with Crippen molar-refractivity contribution >= 4 is 6.03 Å². The van der Waals surface area contributed by atoms with Gasteiger partial charge in [0, 0.05) is 30.7 Å². The number of rotatable bonds is 5. The zero-order valence-corrected chi connectivity index (χ0v) is 16.0. The molecule has 1 saturated carbocycles. The van der Waals surface area contributed by atoms with E-state index in [1.54, 1.807) is 0 Å². The van der Waals surface area contributed by atoms with Crippen molar-refractivity contribution in [3.8, 4) is 11.4 Å². The van der Waals surface area contributed by atoms with Gasteiger partial charge in [-0.3, -0.25) is 0 Å². The number of benzene rings is 1. The van der Waals surface area contributed by atoms with Crippen LogP contribution in [0.2, 0.25) is 0 Å². The fraction of sp³-hybridized carbons (Fsp3) is 0.526. The fourth-order valence-corrected chi connectivity index (χ4v) is 3.61. The maximum atomic E-state index is 14.1. The fourth-order valence-electron chi connectivity index (χ4n) is 3.61. The Kier molecular flexibility index (Phi) is 4.95. The van der Waals surface area contributed by atoms with E-state index in [9.17, 15) is 22.4 Å². The molecule has 0 radical (unpaired) electrons. The van der Waals surface area contributed by atoms with Crippen molar-refractivity contribution in [2.24, 2.45) is 5.73 Å². The number of likely N-dealkylation sites (tertiary alicyclic amines) is 1. The van der Waals surface area contributed by atoms with E-state index in [1.807, 2.05) is 0 Å². The van der Waals surface area contributed by atoms with Gasteiger partial charge in [-0.1, -0.05) is 17.3 Å². The summed E-state index contributed by atoms with van der Waals surface area (Å²) >= 11 is 0. The predicted octanol–water partition coefficient (Wildman–Crippen LogP) is 2.97. The van der Waals surface area contributed by atoms with Gasteiger partial charge >= 0.3 is 12.2 Å². The summed E-state index contributed by atoms with van der Waals surface area (Å²) in [5.41, 5.74) is 3.42. The highest BCUT2D eigenvalue weighted by molar-refractivity contribution is 5.74. The molecule has 2 fully saturated rings. The van der Waals surface area contributed by atoms with Crippen LogP contribution >= 0.6 is 0 Å². The molecule has 11 heteroatoms. The SMILES string of the molecule is NC1(CCNC(=O)N2CCC(c3nc(-c4cccc(F)c4)no3)(C(F)(F)F)C2)CC1. The highest BCUT2D eigenvalue weighted by atomic mass is 19.4. The quantitative estimate of drug-likeness (QED) is 0.715. The molecule has 0 spiro atoms. The second-order valence-electron chi connectivity index (χ2n) is 8.03. The Labute approximate surface area is 169 Å². The van der Waals surface area contributed by atoms with Crippen LogP contribution in [0, 0.1) is 5.82 Å². The predicted molar refractivity (Wildman–Crippen MR) is 97.8 cm³/mol. The summed E-state index contributed by atoms with van der Waals surface area (Å²) < 4.78 is 60.6. The van der Waals surface area contributed by atoms with Crippen molar-refractivity contribution in [3.63, 3.8) is 0 Å². The van der Waals surface area contributed by atoms with Crippen LogP contribution in [0.4, 0.5) is 22.4 Å². The average Bonchev–Trinajstić information content (AvgIpc) is 3.11. The zero-order chi connectivity index (χ0) is 21.6. The van der Waals surface area contributed by atoms with Gasteiger partial charge in [0.1, 0.15) is 5.82 Å². The van der Waals surface area contributed by atoms with E-state index in [2.05, 4.69) is 15.5 Å². The van der Waals surface area contributed by atoms with Crippen molar-refractivity contribution in [3.05, 3.63) is 36.0 Å². The summed E-state index contributed by atoms with van der Waals surface area (Å²) in [6.45, 7) is -0.452. The first-order chi connectivity index (χ1) is 14.1. The molecule has 3 N–H and O–H groups in total. The molecule has 1 aliphatic heterocycles. The minimum absolute atomic E-state index is 0.114. The molecule has 162 valence electrons. The number of nitrogens with zero attached hydrogens (tertiary/aromatic N) is 3. The standard InChI is InChI=1S/C19H21F4N5O2/c20-13-3-1-2-12(10-13)14-26-15(30-27-14)18(19(21,22)23)7-9-28(11-18)16(29)25-8-6-17(24)4-5-17/h1-3,10H,4-9,11,24H2,(H,25,29). The highest BCUT2D eigenvalue weighted by Gasteiger charge is 2.63. The van der Waals surface area contributed by atoms with Gasteiger partial charge in [-0.05, 0) is 37.8 Å². The molecule has 2 heterocycles. The molecule has 2 aliphatic rings. The van der Waals surface area contributed by atoms with E-state index in [-0.39, 0.29) is 23.5 Å². The summed E-state index contributed by atoms with van der Waals surface area (Å²) in [5.74, 6) is -1.35. The second-order valence-corrected chi connectivity index (χ2v) is 8.03. The summed E-state index contributed by atoms with van der Waals surface area (Å²) in [4.78, 5) is 17.4. The lowest BCUT2D eigenvalue weighted by Gasteiger charge is -2.28. The highest BCUT2D eigenvalue weighted by Crippen LogP contribution is 2.47. The molecule has 7 nitrogen and oxygen atoms in total. The van der Waals surface area contributed by atoms with Crippen molar-refractivity contribution in [2.75, 3.05) is 19.6 Å². The maximum absolute atomic E-state index is 14.1. The van der Waals surface area contributed by atoms with Gasteiger partial charge in [-0.2, -0.15) is 18.2 Å². The van der Waals surface area contributed by atoms with Crippen LogP contribution in [0.25, 0.3) is 11.4 Å². The number of hydrogen-bond donors (Lipinski definition) is 2. The van der Waals surface area contributed by atoms with Crippen molar-refractivity contribution in [1.82, 2.24) is 20.4 Å². The summed E-state index contributed by atoms with van der Waals surface area (Å²) in [7, 11) is 0. The number of amides is 2. The van der Waals surface area contributed by atoms with Crippen LogP contribution in [0.3, 0.4) is 0 Å². The van der Waals surface area contributed by atoms with E-state index < -0.39 is 42.3 Å². The number of nitrogens with one attached hydrogen (secondary N) is 1. The Morgan fingerprint density at radius 3 is 2.73 bits per heavy atom. The molecule has 1 aromatic heterocycles. The largest absolute Gasteiger partial charge is 0.405 e. The Morgan fingerprint density at radius 1 is 1.30 bits per heavy atom. The third kappa shape index (κ3) is 3.85. The van der Waals surface area contributed by atoms with Crippen molar-refractivity contribution < 1.29 is 26.9 Å². The minimum atomic E-state index is -4.72. The lowest BCUT2D eigenvalue weighted by Crippen LogP contribution is -2.47. The third-order valence-corrected chi connectivity index (χ3v) is 5.81. The summed E-state index contributed by atoms with van der Waals surface area (Å²) in [6, 6.07) is 4.58. The van der Waals surface area contributed by atoms with Gasteiger partial charge in [-0.15, -0.1) is 0 Å². The molecule has 1 saturated heterocycles. The Morgan fingerprint density at radius 2 is 2.07 bits per heavy atom. The second kappa shape index (κ2) is 7.22. The topological polar surface area (TPSA) is 97.3 Å². The van der Waals surface area contributed by atoms with Crippen LogP contribution in [0.15, 0.2) is 28.8 Å². The molecule has 0 bridgehead atoms. The Bertz CT molecular complexity index is 943. The first-order valence-electron chi connectivity index (χ1n) is 9.60. The lowest BCUT2D eigenvalue weighted by atomic mass is 9.86. The maximum Gasteiger partial charge on any atom is 0.405 e. The van der Waals surface area contributed by atoms with E-state index >= 15 is 0 Å². The normalized spacial score (nSPS) is 22.9. The minimum Gasteiger partial charge on any atom is -0.338 e. The molecule has 1 atom stereocenters. The van der Waals surface area contributed by atoms with Crippen molar-refractivity contribution in [1.29, 1.82) is 0 Å². The smallest absolute Gasteiger partial charge is 0.338 e. The van der Waals surface area contributed by atoms with E-state index in [0.29, 0.717) is 13.0 Å². The van der Waals surface area contributed by atoms with Gasteiger partial charge in [0.25, 0.3) is 0 Å². The van der Waals surface area contributed by atoms with Gasteiger partial charge in [-0.25, -0.2) is 9.18 Å². The monoisotopic (exact) mass is 427 g/mol. The van der Waals surface area contributed by atoms with Crippen LogP contribution in [-0.4, -0.2) is 52.4 Å². The first-order valence-corrected chi connectivity index (χ1v) is 9.60. The molecule has 1 aromatic carbocycles. The number of halogens is 4. The third-order valence-electron chi connectivity index (χ3n) is 5.81. The zero-order valence-electron chi connectivity index (χ0n) is 16.0.